The fraction of sp³-hybridized carbons (Fsp3) is 0.375. The predicted octanol–water partition coefficient (Wildman–Crippen LogP) is 1.60. The van der Waals surface area contributed by atoms with Gasteiger partial charge in [0.15, 0.2) is 0 Å². The van der Waals surface area contributed by atoms with E-state index in [1.807, 2.05) is 23.1 Å². The van der Waals surface area contributed by atoms with Crippen molar-refractivity contribution in [2.75, 3.05) is 18.8 Å². The van der Waals surface area contributed by atoms with Crippen LogP contribution in [0.4, 0.5) is 5.82 Å². The Morgan fingerprint density at radius 3 is 2.62 bits per heavy atom. The highest BCUT2D eigenvalue weighted by Gasteiger charge is 2.18. The third-order valence-corrected chi connectivity index (χ3v) is 4.05. The zero-order valence-electron chi connectivity index (χ0n) is 11.9. The van der Waals surface area contributed by atoms with Crippen LogP contribution in [0.1, 0.15) is 19.3 Å². The molecule has 1 fully saturated rings. The molecule has 1 aromatic carbocycles. The molecule has 21 heavy (non-hydrogen) atoms. The van der Waals surface area contributed by atoms with Crippen LogP contribution >= 0.6 is 0 Å². The Balaban J connectivity index is 1.93. The molecule has 0 saturated carbocycles. The monoisotopic (exact) mass is 285 g/mol. The molecule has 0 atom stereocenters. The van der Waals surface area contributed by atoms with Gasteiger partial charge in [0.2, 0.25) is 5.91 Å². The van der Waals surface area contributed by atoms with Crippen molar-refractivity contribution < 1.29 is 4.79 Å². The van der Waals surface area contributed by atoms with E-state index in [2.05, 4.69) is 0 Å². The number of likely N-dealkylation sites (tertiary alicyclic amines) is 1. The molecule has 0 bridgehead atoms. The number of piperidine rings is 1. The molecule has 2 heterocycles. The molecular formula is C16H19N3O2. The van der Waals surface area contributed by atoms with Crippen LogP contribution in [0, 0.1) is 0 Å². The summed E-state index contributed by atoms with van der Waals surface area (Å²) in [6, 6.07) is 9.05. The van der Waals surface area contributed by atoms with Gasteiger partial charge in [-0.25, -0.2) is 0 Å². The topological polar surface area (TPSA) is 68.3 Å². The van der Waals surface area contributed by atoms with E-state index in [4.69, 9.17) is 5.73 Å². The van der Waals surface area contributed by atoms with Crippen LogP contribution in [-0.2, 0) is 11.3 Å². The van der Waals surface area contributed by atoms with E-state index in [1.54, 1.807) is 12.1 Å². The summed E-state index contributed by atoms with van der Waals surface area (Å²) in [5.74, 6) is 0.308. The second kappa shape index (κ2) is 5.60. The second-order valence-electron chi connectivity index (χ2n) is 5.49. The van der Waals surface area contributed by atoms with Crippen molar-refractivity contribution in [3.8, 4) is 0 Å². The third-order valence-electron chi connectivity index (χ3n) is 4.05. The molecule has 5 heteroatoms. The molecule has 1 saturated heterocycles. The lowest BCUT2D eigenvalue weighted by Gasteiger charge is -2.27. The molecule has 2 aromatic rings. The Morgan fingerprint density at radius 2 is 1.86 bits per heavy atom. The van der Waals surface area contributed by atoms with Crippen LogP contribution in [-0.4, -0.2) is 28.5 Å². The minimum Gasteiger partial charge on any atom is -0.385 e. The van der Waals surface area contributed by atoms with Gasteiger partial charge in [-0.1, -0.05) is 18.2 Å². The van der Waals surface area contributed by atoms with Gasteiger partial charge in [0.05, 0.1) is 0 Å². The lowest BCUT2D eigenvalue weighted by atomic mass is 10.1. The molecule has 2 N–H and O–H groups in total. The number of aromatic nitrogens is 1. The van der Waals surface area contributed by atoms with Crippen molar-refractivity contribution >= 4 is 22.5 Å². The number of hydrogen-bond acceptors (Lipinski definition) is 3. The largest absolute Gasteiger partial charge is 0.385 e. The number of fused-ring (bicyclic) bond motifs is 1. The van der Waals surface area contributed by atoms with Gasteiger partial charge in [-0.3, -0.25) is 14.2 Å². The summed E-state index contributed by atoms with van der Waals surface area (Å²) >= 11 is 0. The molecule has 110 valence electrons. The fourth-order valence-corrected chi connectivity index (χ4v) is 2.86. The van der Waals surface area contributed by atoms with E-state index < -0.39 is 0 Å². The van der Waals surface area contributed by atoms with Crippen molar-refractivity contribution in [3.63, 3.8) is 0 Å². The van der Waals surface area contributed by atoms with Gasteiger partial charge in [-0.15, -0.1) is 0 Å². The van der Waals surface area contributed by atoms with Crippen LogP contribution in [0.25, 0.3) is 10.8 Å². The smallest absolute Gasteiger partial charge is 0.260 e. The highest BCUT2D eigenvalue weighted by molar-refractivity contribution is 5.84. The number of anilines is 1. The summed E-state index contributed by atoms with van der Waals surface area (Å²) in [5, 5.41) is 1.40. The Hall–Kier alpha value is -2.30. The number of nitrogens with zero attached hydrogens (tertiary/aromatic N) is 2. The van der Waals surface area contributed by atoms with Crippen LogP contribution in [0.3, 0.4) is 0 Å². The van der Waals surface area contributed by atoms with Crippen molar-refractivity contribution in [2.24, 2.45) is 0 Å². The Bertz CT molecular complexity index is 730. The number of rotatable bonds is 2. The van der Waals surface area contributed by atoms with Crippen molar-refractivity contribution in [2.45, 2.75) is 25.8 Å². The summed E-state index contributed by atoms with van der Waals surface area (Å²) in [5.41, 5.74) is 5.76. The lowest BCUT2D eigenvalue weighted by Crippen LogP contribution is -2.40. The van der Waals surface area contributed by atoms with Crippen LogP contribution in [0.15, 0.2) is 35.1 Å². The van der Waals surface area contributed by atoms with Gasteiger partial charge in [0, 0.05) is 18.5 Å². The summed E-state index contributed by atoms with van der Waals surface area (Å²) in [7, 11) is 0. The molecule has 0 unspecified atom stereocenters. The van der Waals surface area contributed by atoms with E-state index in [-0.39, 0.29) is 18.0 Å². The highest BCUT2D eigenvalue weighted by Crippen LogP contribution is 2.14. The minimum atomic E-state index is -0.198. The zero-order chi connectivity index (χ0) is 14.8. The number of hydrogen-bond donors (Lipinski definition) is 1. The normalized spacial score (nSPS) is 15.3. The molecule has 3 rings (SSSR count). The first-order valence-corrected chi connectivity index (χ1v) is 7.32. The molecule has 0 spiro atoms. The highest BCUT2D eigenvalue weighted by atomic mass is 16.2. The lowest BCUT2D eigenvalue weighted by molar-refractivity contribution is -0.132. The number of amides is 1. The molecule has 1 aromatic heterocycles. The van der Waals surface area contributed by atoms with Crippen LogP contribution in [0.2, 0.25) is 0 Å². The number of pyridine rings is 1. The molecule has 0 aliphatic carbocycles. The first-order valence-electron chi connectivity index (χ1n) is 7.32. The number of benzene rings is 1. The standard InChI is InChI=1S/C16H19N3O2/c17-14-10-12-6-2-3-7-13(12)16(21)19(14)11-15(20)18-8-4-1-5-9-18/h2-3,6-7,10H,1,4-5,8-9,11,17H2. The fourth-order valence-electron chi connectivity index (χ4n) is 2.86. The van der Waals surface area contributed by atoms with Gasteiger partial charge >= 0.3 is 0 Å². The van der Waals surface area contributed by atoms with E-state index in [0.29, 0.717) is 11.2 Å². The minimum absolute atomic E-state index is 0.0233. The average Bonchev–Trinajstić information content (AvgIpc) is 2.52. The van der Waals surface area contributed by atoms with Crippen LogP contribution in [0.5, 0.6) is 0 Å². The van der Waals surface area contributed by atoms with Crippen LogP contribution < -0.4 is 11.3 Å². The molecular weight excluding hydrogens is 266 g/mol. The molecule has 1 aliphatic rings. The maximum Gasteiger partial charge on any atom is 0.260 e. The quantitative estimate of drug-likeness (QED) is 0.911. The van der Waals surface area contributed by atoms with E-state index in [1.165, 1.54) is 11.0 Å². The van der Waals surface area contributed by atoms with Gasteiger partial charge in [0.1, 0.15) is 12.4 Å². The molecule has 1 aliphatic heterocycles. The Morgan fingerprint density at radius 1 is 1.14 bits per heavy atom. The van der Waals surface area contributed by atoms with E-state index in [9.17, 15) is 9.59 Å². The SMILES string of the molecule is Nc1cc2ccccc2c(=O)n1CC(=O)N1CCCCC1. The van der Waals surface area contributed by atoms with Crippen molar-refractivity contribution in [3.05, 3.63) is 40.7 Å². The zero-order valence-corrected chi connectivity index (χ0v) is 11.9. The number of carbonyl (C=O) groups excluding carboxylic acids is 1. The average molecular weight is 285 g/mol. The number of carbonyl (C=O) groups is 1. The number of nitrogens with two attached hydrogens (primary N) is 1. The predicted molar refractivity (Wildman–Crippen MR) is 83.1 cm³/mol. The van der Waals surface area contributed by atoms with Crippen molar-refractivity contribution in [1.29, 1.82) is 0 Å². The summed E-state index contributed by atoms with van der Waals surface area (Å²) in [6.07, 6.45) is 3.24. The summed E-state index contributed by atoms with van der Waals surface area (Å²) in [6.45, 7) is 1.58. The second-order valence-corrected chi connectivity index (χ2v) is 5.49. The van der Waals surface area contributed by atoms with E-state index in [0.717, 1.165) is 31.3 Å². The molecule has 5 nitrogen and oxygen atoms in total. The summed E-state index contributed by atoms with van der Waals surface area (Å²) in [4.78, 5) is 26.6. The van der Waals surface area contributed by atoms with Crippen molar-refractivity contribution in [1.82, 2.24) is 9.47 Å². The van der Waals surface area contributed by atoms with Gasteiger partial charge in [-0.05, 0) is 36.8 Å². The third kappa shape index (κ3) is 2.63. The molecule has 1 amide bonds. The first kappa shape index (κ1) is 13.7. The van der Waals surface area contributed by atoms with Gasteiger partial charge in [-0.2, -0.15) is 0 Å². The molecule has 0 radical (unpaired) electrons. The first-order chi connectivity index (χ1) is 10.2. The van der Waals surface area contributed by atoms with E-state index >= 15 is 0 Å². The maximum atomic E-state index is 12.5. The summed E-state index contributed by atoms with van der Waals surface area (Å²) < 4.78 is 1.37. The maximum absolute atomic E-state index is 12.5. The Labute approximate surface area is 123 Å². The van der Waals surface area contributed by atoms with Gasteiger partial charge < -0.3 is 10.6 Å². The Kier molecular flexibility index (Phi) is 3.64. The number of nitrogen functional groups attached to an aromatic ring is 1. The van der Waals surface area contributed by atoms with Gasteiger partial charge in [0.25, 0.3) is 5.56 Å².